The summed E-state index contributed by atoms with van der Waals surface area (Å²) in [6.07, 6.45) is 7.00. The molecule has 0 bridgehead atoms. The van der Waals surface area contributed by atoms with Gasteiger partial charge in [0.1, 0.15) is 5.82 Å². The zero-order valence-electron chi connectivity index (χ0n) is 13.0. The van der Waals surface area contributed by atoms with Gasteiger partial charge in [-0.2, -0.15) is 0 Å². The first-order valence-electron chi connectivity index (χ1n) is 7.92. The lowest BCUT2D eigenvalue weighted by Crippen LogP contribution is -2.42. The number of hydrogen-bond donors (Lipinski definition) is 1. The van der Waals surface area contributed by atoms with Crippen LogP contribution in [0.4, 0.5) is 5.82 Å². The summed E-state index contributed by atoms with van der Waals surface area (Å²) < 4.78 is 1.07. The molecule has 0 aromatic carbocycles. The lowest BCUT2D eigenvalue weighted by atomic mass is 10.0. The molecule has 0 amide bonds. The maximum Gasteiger partial charge on any atom is 0.133 e. The fourth-order valence-corrected chi connectivity index (χ4v) is 3.40. The van der Waals surface area contributed by atoms with Crippen molar-refractivity contribution in [1.29, 1.82) is 0 Å². The van der Waals surface area contributed by atoms with Crippen LogP contribution in [-0.4, -0.2) is 49.2 Å². The van der Waals surface area contributed by atoms with Crippen molar-refractivity contribution in [2.45, 2.75) is 44.3 Å². The van der Waals surface area contributed by atoms with Gasteiger partial charge in [0, 0.05) is 41.9 Å². The van der Waals surface area contributed by atoms with Gasteiger partial charge >= 0.3 is 0 Å². The summed E-state index contributed by atoms with van der Waals surface area (Å²) in [5, 5.41) is 3.61. The molecule has 2 fully saturated rings. The SMILES string of the molecule is CN1CCC(N(C)c2ncc(Br)cc2CNC2CC2)CC1. The number of pyridine rings is 1. The molecular weight excluding hydrogens is 328 g/mol. The van der Waals surface area contributed by atoms with Crippen LogP contribution in [-0.2, 0) is 6.54 Å². The number of halogens is 1. The molecule has 1 saturated carbocycles. The Kier molecular flexibility index (Phi) is 4.82. The van der Waals surface area contributed by atoms with Gasteiger partial charge < -0.3 is 15.1 Å². The highest BCUT2D eigenvalue weighted by atomic mass is 79.9. The van der Waals surface area contributed by atoms with Gasteiger partial charge in [-0.25, -0.2) is 4.98 Å². The molecule has 0 unspecified atom stereocenters. The molecule has 1 aromatic heterocycles. The third kappa shape index (κ3) is 3.96. The van der Waals surface area contributed by atoms with Gasteiger partial charge in [-0.3, -0.25) is 0 Å². The lowest BCUT2D eigenvalue weighted by Gasteiger charge is -2.36. The minimum absolute atomic E-state index is 0.606. The van der Waals surface area contributed by atoms with E-state index in [4.69, 9.17) is 4.98 Å². The van der Waals surface area contributed by atoms with E-state index in [9.17, 15) is 0 Å². The lowest BCUT2D eigenvalue weighted by molar-refractivity contribution is 0.252. The summed E-state index contributed by atoms with van der Waals surface area (Å²) in [6, 6.07) is 3.54. The zero-order chi connectivity index (χ0) is 14.8. The average Bonchev–Trinajstić information content (AvgIpc) is 3.29. The summed E-state index contributed by atoms with van der Waals surface area (Å²) in [7, 11) is 4.41. The van der Waals surface area contributed by atoms with Crippen LogP contribution in [0, 0.1) is 0 Å². The Morgan fingerprint density at radius 1 is 1.33 bits per heavy atom. The number of piperidine rings is 1. The Bertz CT molecular complexity index is 481. The molecular formula is C16H25BrN4. The van der Waals surface area contributed by atoms with Crippen molar-refractivity contribution in [3.63, 3.8) is 0 Å². The number of anilines is 1. The van der Waals surface area contributed by atoms with Crippen LogP contribution >= 0.6 is 15.9 Å². The largest absolute Gasteiger partial charge is 0.356 e. The molecule has 3 rings (SSSR count). The standard InChI is InChI=1S/C16H25BrN4/c1-20-7-5-15(6-8-20)21(2)16-12(9-13(17)11-19-16)10-18-14-3-4-14/h9,11,14-15,18H,3-8,10H2,1-2H3. The van der Waals surface area contributed by atoms with Crippen LogP contribution in [0.1, 0.15) is 31.2 Å². The normalized spacial score (nSPS) is 20.7. The maximum absolute atomic E-state index is 4.70. The maximum atomic E-state index is 4.70. The fourth-order valence-electron chi connectivity index (χ4n) is 3.02. The highest BCUT2D eigenvalue weighted by molar-refractivity contribution is 9.10. The van der Waals surface area contributed by atoms with E-state index in [2.05, 4.69) is 51.2 Å². The number of nitrogens with one attached hydrogen (secondary N) is 1. The van der Waals surface area contributed by atoms with Crippen LogP contribution in [0.15, 0.2) is 16.7 Å². The Morgan fingerprint density at radius 2 is 2.05 bits per heavy atom. The Morgan fingerprint density at radius 3 is 2.71 bits per heavy atom. The van der Waals surface area contributed by atoms with Crippen LogP contribution in [0.3, 0.4) is 0 Å². The molecule has 21 heavy (non-hydrogen) atoms. The monoisotopic (exact) mass is 352 g/mol. The quantitative estimate of drug-likeness (QED) is 0.882. The average molecular weight is 353 g/mol. The summed E-state index contributed by atoms with van der Waals surface area (Å²) in [4.78, 5) is 9.50. The first-order valence-corrected chi connectivity index (χ1v) is 8.72. The second kappa shape index (κ2) is 6.63. The minimum atomic E-state index is 0.606. The van der Waals surface area contributed by atoms with Crippen molar-refractivity contribution in [3.8, 4) is 0 Å². The van der Waals surface area contributed by atoms with Crippen molar-refractivity contribution < 1.29 is 0 Å². The highest BCUT2D eigenvalue weighted by Crippen LogP contribution is 2.27. The molecule has 0 radical (unpaired) electrons. The molecule has 1 N–H and O–H groups in total. The first kappa shape index (κ1) is 15.3. The van der Waals surface area contributed by atoms with E-state index in [0.717, 1.165) is 22.9 Å². The number of rotatable bonds is 5. The third-order valence-electron chi connectivity index (χ3n) is 4.64. The van der Waals surface area contributed by atoms with Crippen molar-refractivity contribution in [2.75, 3.05) is 32.1 Å². The fraction of sp³-hybridized carbons (Fsp3) is 0.688. The minimum Gasteiger partial charge on any atom is -0.356 e. The second-order valence-electron chi connectivity index (χ2n) is 6.44. The summed E-state index contributed by atoms with van der Waals surface area (Å²) in [5.74, 6) is 1.14. The molecule has 116 valence electrons. The van der Waals surface area contributed by atoms with E-state index in [-0.39, 0.29) is 0 Å². The molecule has 2 aliphatic rings. The van der Waals surface area contributed by atoms with Crippen molar-refractivity contribution in [1.82, 2.24) is 15.2 Å². The predicted molar refractivity (Wildman–Crippen MR) is 90.7 cm³/mol. The first-order chi connectivity index (χ1) is 10.1. The van der Waals surface area contributed by atoms with Gasteiger partial charge in [0.2, 0.25) is 0 Å². The van der Waals surface area contributed by atoms with Crippen LogP contribution < -0.4 is 10.2 Å². The molecule has 0 spiro atoms. The van der Waals surface area contributed by atoms with Crippen LogP contribution in [0.2, 0.25) is 0 Å². The smallest absolute Gasteiger partial charge is 0.133 e. The molecule has 1 aliphatic heterocycles. The molecule has 1 saturated heterocycles. The molecule has 5 heteroatoms. The van der Waals surface area contributed by atoms with E-state index < -0.39 is 0 Å². The summed E-state index contributed by atoms with van der Waals surface area (Å²) >= 11 is 3.56. The van der Waals surface area contributed by atoms with E-state index in [1.54, 1.807) is 0 Å². The molecule has 1 aliphatic carbocycles. The number of hydrogen-bond acceptors (Lipinski definition) is 4. The van der Waals surface area contributed by atoms with Gasteiger partial charge in [-0.1, -0.05) is 0 Å². The molecule has 1 aromatic rings. The predicted octanol–water partition coefficient (Wildman–Crippen LogP) is 2.63. The number of aromatic nitrogens is 1. The molecule has 4 nitrogen and oxygen atoms in total. The van der Waals surface area contributed by atoms with Crippen molar-refractivity contribution in [2.24, 2.45) is 0 Å². The second-order valence-corrected chi connectivity index (χ2v) is 7.35. The van der Waals surface area contributed by atoms with Crippen molar-refractivity contribution in [3.05, 3.63) is 22.3 Å². The number of nitrogens with zero attached hydrogens (tertiary/aromatic N) is 3. The van der Waals surface area contributed by atoms with E-state index >= 15 is 0 Å². The third-order valence-corrected chi connectivity index (χ3v) is 5.07. The molecule has 0 atom stereocenters. The van der Waals surface area contributed by atoms with E-state index in [0.29, 0.717) is 6.04 Å². The molecule has 2 heterocycles. The van der Waals surface area contributed by atoms with Crippen molar-refractivity contribution >= 4 is 21.7 Å². The highest BCUT2D eigenvalue weighted by Gasteiger charge is 2.24. The summed E-state index contributed by atoms with van der Waals surface area (Å²) in [5.41, 5.74) is 1.30. The van der Waals surface area contributed by atoms with E-state index in [1.807, 2.05) is 6.20 Å². The Balaban J connectivity index is 1.72. The number of likely N-dealkylation sites (tertiary alicyclic amines) is 1. The van der Waals surface area contributed by atoms with Gasteiger partial charge in [0.05, 0.1) is 0 Å². The topological polar surface area (TPSA) is 31.4 Å². The van der Waals surface area contributed by atoms with Crippen LogP contribution in [0.25, 0.3) is 0 Å². The Labute approximate surface area is 136 Å². The van der Waals surface area contributed by atoms with E-state index in [1.165, 1.54) is 44.3 Å². The zero-order valence-corrected chi connectivity index (χ0v) is 14.6. The van der Waals surface area contributed by atoms with Gasteiger partial charge in [0.15, 0.2) is 0 Å². The summed E-state index contributed by atoms with van der Waals surface area (Å²) in [6.45, 7) is 3.28. The van der Waals surface area contributed by atoms with Crippen LogP contribution in [0.5, 0.6) is 0 Å². The van der Waals surface area contributed by atoms with Gasteiger partial charge in [0.25, 0.3) is 0 Å². The Hall–Kier alpha value is -0.650. The van der Waals surface area contributed by atoms with Gasteiger partial charge in [-0.05, 0) is 67.8 Å². The van der Waals surface area contributed by atoms with Gasteiger partial charge in [-0.15, -0.1) is 0 Å².